The minimum atomic E-state index is -0.858. The fourth-order valence-electron chi connectivity index (χ4n) is 3.26. The van der Waals surface area contributed by atoms with Crippen LogP contribution in [0.1, 0.15) is 51.4 Å². The molecule has 0 aromatic carbocycles. The van der Waals surface area contributed by atoms with Crippen LogP contribution in [0.4, 0.5) is 4.79 Å². The van der Waals surface area contributed by atoms with Crippen molar-refractivity contribution in [2.24, 2.45) is 5.41 Å². The lowest BCUT2D eigenvalue weighted by molar-refractivity contribution is 0.179. The maximum absolute atomic E-state index is 10.5. The first-order valence-corrected chi connectivity index (χ1v) is 5.70. The zero-order valence-electron chi connectivity index (χ0n) is 8.59. The van der Waals surface area contributed by atoms with Crippen LogP contribution in [0.5, 0.6) is 0 Å². The van der Waals surface area contributed by atoms with Crippen LogP contribution in [0.15, 0.2) is 0 Å². The van der Waals surface area contributed by atoms with Crippen molar-refractivity contribution in [2.45, 2.75) is 57.4 Å². The largest absolute Gasteiger partial charge is 0.465 e. The van der Waals surface area contributed by atoms with Gasteiger partial charge in [-0.2, -0.15) is 0 Å². The van der Waals surface area contributed by atoms with Gasteiger partial charge in [-0.1, -0.05) is 19.3 Å². The molecule has 3 nitrogen and oxygen atoms in total. The molecule has 0 heterocycles. The topological polar surface area (TPSA) is 49.3 Å². The van der Waals surface area contributed by atoms with E-state index in [1.54, 1.807) is 0 Å². The van der Waals surface area contributed by atoms with Gasteiger partial charge in [0.15, 0.2) is 0 Å². The second-order valence-electron chi connectivity index (χ2n) is 4.95. The predicted octanol–water partition coefficient (Wildman–Crippen LogP) is 2.76. The van der Waals surface area contributed by atoms with Gasteiger partial charge in [-0.15, -0.1) is 0 Å². The van der Waals surface area contributed by atoms with Crippen LogP contribution in [-0.2, 0) is 0 Å². The molecule has 14 heavy (non-hydrogen) atoms. The van der Waals surface area contributed by atoms with Crippen molar-refractivity contribution in [2.75, 3.05) is 0 Å². The highest BCUT2D eigenvalue weighted by Gasteiger charge is 2.39. The van der Waals surface area contributed by atoms with E-state index >= 15 is 0 Å². The molecule has 1 unspecified atom stereocenters. The molecule has 80 valence electrons. The third-order valence-corrected chi connectivity index (χ3v) is 3.94. The van der Waals surface area contributed by atoms with Crippen molar-refractivity contribution in [3.05, 3.63) is 0 Å². The molecular formula is C11H19NO2. The number of carbonyl (C=O) groups is 1. The number of nitrogens with one attached hydrogen (secondary N) is 1. The first-order chi connectivity index (χ1) is 6.70. The van der Waals surface area contributed by atoms with Crippen molar-refractivity contribution >= 4 is 6.09 Å². The molecule has 0 aliphatic heterocycles. The zero-order chi connectivity index (χ0) is 10.0. The van der Waals surface area contributed by atoms with Gasteiger partial charge in [-0.3, -0.25) is 0 Å². The molecule has 2 aliphatic rings. The van der Waals surface area contributed by atoms with Gasteiger partial charge in [0.2, 0.25) is 0 Å². The van der Waals surface area contributed by atoms with Gasteiger partial charge < -0.3 is 10.4 Å². The third-order valence-electron chi connectivity index (χ3n) is 3.94. The van der Waals surface area contributed by atoms with E-state index in [0.29, 0.717) is 5.41 Å². The number of hydrogen-bond acceptors (Lipinski definition) is 1. The minimum Gasteiger partial charge on any atom is -0.465 e. The highest BCUT2D eigenvalue weighted by molar-refractivity contribution is 5.64. The summed E-state index contributed by atoms with van der Waals surface area (Å²) in [6, 6.07) is 0.227. The first kappa shape index (κ1) is 9.81. The van der Waals surface area contributed by atoms with Gasteiger partial charge in [0, 0.05) is 6.04 Å². The Morgan fingerprint density at radius 1 is 1.21 bits per heavy atom. The van der Waals surface area contributed by atoms with E-state index in [2.05, 4.69) is 5.32 Å². The summed E-state index contributed by atoms with van der Waals surface area (Å²) in [6.07, 6.45) is 9.22. The van der Waals surface area contributed by atoms with Crippen LogP contribution >= 0.6 is 0 Å². The molecule has 1 atom stereocenters. The van der Waals surface area contributed by atoms with Gasteiger partial charge >= 0.3 is 6.09 Å². The van der Waals surface area contributed by atoms with E-state index in [1.165, 1.54) is 38.5 Å². The Bertz CT molecular complexity index is 221. The smallest absolute Gasteiger partial charge is 0.404 e. The summed E-state index contributed by atoms with van der Waals surface area (Å²) in [4.78, 5) is 10.5. The fourth-order valence-corrected chi connectivity index (χ4v) is 3.26. The maximum atomic E-state index is 10.5. The molecule has 0 saturated heterocycles. The van der Waals surface area contributed by atoms with Gasteiger partial charge in [0.25, 0.3) is 0 Å². The highest BCUT2D eigenvalue weighted by Crippen LogP contribution is 2.48. The van der Waals surface area contributed by atoms with E-state index in [1.807, 2.05) is 0 Å². The molecule has 2 saturated carbocycles. The van der Waals surface area contributed by atoms with E-state index in [9.17, 15) is 4.79 Å². The van der Waals surface area contributed by atoms with Crippen molar-refractivity contribution in [3.63, 3.8) is 0 Å². The van der Waals surface area contributed by atoms with Gasteiger partial charge in [0.1, 0.15) is 0 Å². The lowest BCUT2D eigenvalue weighted by atomic mass is 9.73. The first-order valence-electron chi connectivity index (χ1n) is 5.70. The van der Waals surface area contributed by atoms with Crippen LogP contribution in [-0.4, -0.2) is 17.2 Å². The molecule has 0 aromatic heterocycles. The molecule has 1 amide bonds. The third kappa shape index (κ3) is 2.02. The number of rotatable bonds is 1. The Balaban J connectivity index is 1.89. The molecule has 2 aliphatic carbocycles. The Hall–Kier alpha value is -0.730. The van der Waals surface area contributed by atoms with Crippen LogP contribution in [0.3, 0.4) is 0 Å². The van der Waals surface area contributed by atoms with Crippen LogP contribution < -0.4 is 5.32 Å². The van der Waals surface area contributed by atoms with Crippen molar-refractivity contribution < 1.29 is 9.90 Å². The summed E-state index contributed by atoms with van der Waals surface area (Å²) >= 11 is 0. The summed E-state index contributed by atoms with van der Waals surface area (Å²) in [5, 5.41) is 11.3. The molecule has 0 radical (unpaired) electrons. The SMILES string of the molecule is O=C(O)NC1CCC2(CCCCC2)C1. The zero-order valence-corrected chi connectivity index (χ0v) is 8.59. The Morgan fingerprint density at radius 2 is 1.93 bits per heavy atom. The van der Waals surface area contributed by atoms with Crippen molar-refractivity contribution in [1.82, 2.24) is 5.32 Å². The lowest BCUT2D eigenvalue weighted by Crippen LogP contribution is -2.33. The summed E-state index contributed by atoms with van der Waals surface area (Å²) in [5.41, 5.74) is 0.505. The number of carboxylic acid groups (broad SMARTS) is 1. The molecule has 2 N–H and O–H groups in total. The normalized spacial score (nSPS) is 30.4. The molecule has 0 bridgehead atoms. The van der Waals surface area contributed by atoms with E-state index in [4.69, 9.17) is 5.11 Å². The Kier molecular flexibility index (Phi) is 2.66. The summed E-state index contributed by atoms with van der Waals surface area (Å²) in [7, 11) is 0. The second kappa shape index (κ2) is 3.79. The van der Waals surface area contributed by atoms with E-state index < -0.39 is 6.09 Å². The van der Waals surface area contributed by atoms with Gasteiger partial charge in [-0.25, -0.2) is 4.79 Å². The molecule has 3 heteroatoms. The second-order valence-corrected chi connectivity index (χ2v) is 4.95. The molecule has 2 fully saturated rings. The summed E-state index contributed by atoms with van der Waals surface area (Å²) in [5.74, 6) is 0. The predicted molar refractivity (Wildman–Crippen MR) is 54.3 cm³/mol. The lowest BCUT2D eigenvalue weighted by Gasteiger charge is -2.33. The molecule has 1 spiro atoms. The maximum Gasteiger partial charge on any atom is 0.404 e. The van der Waals surface area contributed by atoms with Crippen LogP contribution in [0, 0.1) is 5.41 Å². The van der Waals surface area contributed by atoms with E-state index in [-0.39, 0.29) is 6.04 Å². The minimum absolute atomic E-state index is 0.227. The summed E-state index contributed by atoms with van der Waals surface area (Å²) < 4.78 is 0. The van der Waals surface area contributed by atoms with Gasteiger partial charge in [0.05, 0.1) is 0 Å². The highest BCUT2D eigenvalue weighted by atomic mass is 16.4. The summed E-state index contributed by atoms with van der Waals surface area (Å²) in [6.45, 7) is 0. The standard InChI is InChI=1S/C11H19NO2/c13-10(14)12-9-4-7-11(8-9)5-2-1-3-6-11/h9,12H,1-8H2,(H,13,14). The monoisotopic (exact) mass is 197 g/mol. The molecule has 2 rings (SSSR count). The van der Waals surface area contributed by atoms with Crippen LogP contribution in [0.2, 0.25) is 0 Å². The van der Waals surface area contributed by atoms with Crippen LogP contribution in [0.25, 0.3) is 0 Å². The average molecular weight is 197 g/mol. The Labute approximate surface area is 84.9 Å². The fraction of sp³-hybridized carbons (Fsp3) is 0.909. The quantitative estimate of drug-likeness (QED) is 0.679. The van der Waals surface area contributed by atoms with Crippen molar-refractivity contribution in [3.8, 4) is 0 Å². The van der Waals surface area contributed by atoms with E-state index in [0.717, 1.165) is 12.8 Å². The van der Waals surface area contributed by atoms with Gasteiger partial charge in [-0.05, 0) is 37.5 Å². The number of amides is 1. The van der Waals surface area contributed by atoms with Crippen molar-refractivity contribution in [1.29, 1.82) is 0 Å². The molecular weight excluding hydrogens is 178 g/mol. The Morgan fingerprint density at radius 3 is 2.57 bits per heavy atom. The number of hydrogen-bond donors (Lipinski definition) is 2. The molecule has 0 aromatic rings. The average Bonchev–Trinajstić information content (AvgIpc) is 2.49.